The third-order valence-electron chi connectivity index (χ3n) is 8.90. The van der Waals surface area contributed by atoms with Gasteiger partial charge in [-0.15, -0.1) is 0 Å². The van der Waals surface area contributed by atoms with E-state index in [0.29, 0.717) is 58.9 Å². The van der Waals surface area contributed by atoms with Crippen LogP contribution in [0.15, 0.2) is 46.0 Å². The Kier molecular flexibility index (Phi) is 11.6. The van der Waals surface area contributed by atoms with Gasteiger partial charge in [0.05, 0.1) is 13.2 Å². The van der Waals surface area contributed by atoms with Crippen LogP contribution in [0.2, 0.25) is 10.0 Å². The standard InChI is InChI=1S/C19H21ClN2O3.C18H19ClN2O4/c1-11(2)13-7-5-6-12(17(13)20)10-14(23)16-18(24)21-15-8-3-4-9-22(15)19(16)25;1-10(2)12-5-3-4-11(16(12)19)8-13(22)15-17(23)20-14-9-25-7-6-21(14)18(15)24/h5-7,11,24H,3-4,8-10H2,1-2H3;3-5,10,23H,6-9H2,1-2H3. The molecule has 13 heteroatoms. The fourth-order valence-corrected chi connectivity index (χ4v) is 7.00. The first-order valence-electron chi connectivity index (χ1n) is 16.6. The molecule has 0 atom stereocenters. The smallest absolute Gasteiger partial charge is 0.268 e. The molecule has 264 valence electrons. The van der Waals surface area contributed by atoms with Gasteiger partial charge in [-0.05, 0) is 46.9 Å². The maximum Gasteiger partial charge on any atom is 0.268 e. The molecule has 0 saturated heterocycles. The number of ether oxygens (including phenoxy) is 1. The van der Waals surface area contributed by atoms with Crippen LogP contribution in [0, 0.1) is 0 Å². The number of carbonyl (C=O) groups is 2. The monoisotopic (exact) mass is 722 g/mol. The molecular weight excluding hydrogens is 683 g/mol. The Morgan fingerprint density at radius 2 is 1.24 bits per heavy atom. The van der Waals surface area contributed by atoms with E-state index < -0.39 is 34.4 Å². The van der Waals surface area contributed by atoms with Gasteiger partial charge in [-0.1, -0.05) is 87.3 Å². The predicted molar refractivity (Wildman–Crippen MR) is 190 cm³/mol. The molecule has 2 aromatic carbocycles. The molecule has 2 aliphatic rings. The number of fused-ring (bicyclic) bond motifs is 2. The number of rotatable bonds is 8. The summed E-state index contributed by atoms with van der Waals surface area (Å²) < 4.78 is 8.10. The molecule has 2 aromatic heterocycles. The normalized spacial score (nSPS) is 13.8. The first kappa shape index (κ1) is 36.9. The Morgan fingerprint density at radius 3 is 1.74 bits per heavy atom. The zero-order chi connectivity index (χ0) is 36.3. The number of ketones is 2. The van der Waals surface area contributed by atoms with Crippen molar-refractivity contribution >= 4 is 34.8 Å². The van der Waals surface area contributed by atoms with Crippen molar-refractivity contribution in [2.45, 2.75) is 91.3 Å². The van der Waals surface area contributed by atoms with Gasteiger partial charge in [0.1, 0.15) is 29.4 Å². The van der Waals surface area contributed by atoms with Gasteiger partial charge >= 0.3 is 0 Å². The molecule has 0 unspecified atom stereocenters. The highest BCUT2D eigenvalue weighted by molar-refractivity contribution is 6.33. The molecule has 0 aliphatic carbocycles. The molecule has 0 amide bonds. The average Bonchev–Trinajstić information content (AvgIpc) is 3.06. The van der Waals surface area contributed by atoms with Crippen LogP contribution >= 0.6 is 23.2 Å². The van der Waals surface area contributed by atoms with E-state index in [9.17, 15) is 29.4 Å². The summed E-state index contributed by atoms with van der Waals surface area (Å²) in [6, 6.07) is 11.0. The summed E-state index contributed by atoms with van der Waals surface area (Å²) in [6.45, 7) is 9.43. The van der Waals surface area contributed by atoms with Crippen LogP contribution in [0.4, 0.5) is 0 Å². The maximum absolute atomic E-state index is 12.7. The summed E-state index contributed by atoms with van der Waals surface area (Å²) in [5.41, 5.74) is 1.65. The molecule has 11 nitrogen and oxygen atoms in total. The van der Waals surface area contributed by atoms with Crippen molar-refractivity contribution < 1.29 is 24.5 Å². The summed E-state index contributed by atoms with van der Waals surface area (Å²) in [5, 5.41) is 21.3. The lowest BCUT2D eigenvalue weighted by atomic mass is 9.97. The van der Waals surface area contributed by atoms with Crippen molar-refractivity contribution in [3.05, 3.63) is 112 Å². The van der Waals surface area contributed by atoms with E-state index in [2.05, 4.69) is 9.97 Å². The number of aromatic hydroxyl groups is 2. The fourth-order valence-electron chi connectivity index (χ4n) is 6.18. The predicted octanol–water partition coefficient (Wildman–Crippen LogP) is 6.17. The zero-order valence-electron chi connectivity index (χ0n) is 28.5. The number of Topliss-reactive ketones (excluding diaryl/α,β-unsaturated/α-hetero) is 2. The van der Waals surface area contributed by atoms with Crippen LogP contribution in [-0.2, 0) is 43.7 Å². The fraction of sp³-hybridized carbons (Fsp3) is 0.405. The number of hydrogen-bond acceptors (Lipinski definition) is 9. The summed E-state index contributed by atoms with van der Waals surface area (Å²) in [5.74, 6) is -0.672. The van der Waals surface area contributed by atoms with Crippen LogP contribution in [0.1, 0.15) is 107 Å². The first-order valence-corrected chi connectivity index (χ1v) is 17.4. The molecule has 0 radical (unpaired) electrons. The number of nitrogens with zero attached hydrogens (tertiary/aromatic N) is 4. The van der Waals surface area contributed by atoms with E-state index in [-0.39, 0.29) is 42.4 Å². The minimum atomic E-state index is -0.553. The molecule has 6 rings (SSSR count). The van der Waals surface area contributed by atoms with Gasteiger partial charge in [0.25, 0.3) is 11.1 Å². The zero-order valence-corrected chi connectivity index (χ0v) is 30.0. The molecule has 0 spiro atoms. The number of benzene rings is 2. The highest BCUT2D eigenvalue weighted by atomic mass is 35.5. The Bertz CT molecular complexity index is 1920. The Hall–Kier alpha value is -4.32. The van der Waals surface area contributed by atoms with Crippen molar-refractivity contribution in [3.63, 3.8) is 0 Å². The van der Waals surface area contributed by atoms with Gasteiger partial charge in [0.15, 0.2) is 11.6 Å². The topological polar surface area (TPSA) is 154 Å². The van der Waals surface area contributed by atoms with Gasteiger partial charge in [-0.25, -0.2) is 0 Å². The second kappa shape index (κ2) is 15.7. The number of carbonyl (C=O) groups excluding carboxylic acids is 2. The molecule has 0 bridgehead atoms. The van der Waals surface area contributed by atoms with E-state index in [1.54, 1.807) is 12.1 Å². The number of aryl methyl sites for hydroxylation is 1. The van der Waals surface area contributed by atoms with Crippen LogP contribution in [0.3, 0.4) is 0 Å². The molecule has 4 heterocycles. The van der Waals surface area contributed by atoms with E-state index >= 15 is 0 Å². The molecule has 0 fully saturated rings. The van der Waals surface area contributed by atoms with E-state index in [0.717, 1.165) is 24.0 Å². The Labute approximate surface area is 299 Å². The lowest BCUT2D eigenvalue weighted by molar-refractivity contribution is 0.0765. The second-order valence-electron chi connectivity index (χ2n) is 13.0. The maximum atomic E-state index is 12.7. The van der Waals surface area contributed by atoms with Crippen LogP contribution in [-0.4, -0.2) is 47.5 Å². The van der Waals surface area contributed by atoms with E-state index in [4.69, 9.17) is 27.9 Å². The highest BCUT2D eigenvalue weighted by Crippen LogP contribution is 2.30. The number of aromatic nitrogens is 4. The molecule has 4 aromatic rings. The quantitative estimate of drug-likeness (QED) is 0.203. The Balaban J connectivity index is 0.000000194. The van der Waals surface area contributed by atoms with Crippen molar-refractivity contribution in [1.82, 2.24) is 19.1 Å². The second-order valence-corrected chi connectivity index (χ2v) is 13.8. The van der Waals surface area contributed by atoms with Crippen molar-refractivity contribution in [3.8, 4) is 11.8 Å². The number of halogens is 2. The average molecular weight is 724 g/mol. The number of hydrogen-bond donors (Lipinski definition) is 2. The lowest BCUT2D eigenvalue weighted by Crippen LogP contribution is -2.35. The SMILES string of the molecule is CC(C)c1cccc(CC(=O)c2c(O)nc3n(c2=O)CCCC3)c1Cl.CC(C)c1cccc(CC(=O)c2c(O)nc3n(c2=O)CCOC3)c1Cl. The summed E-state index contributed by atoms with van der Waals surface area (Å²) in [6.07, 6.45) is 2.33. The minimum absolute atomic E-state index is 0.0385. The van der Waals surface area contributed by atoms with E-state index in [1.165, 1.54) is 9.13 Å². The molecule has 50 heavy (non-hydrogen) atoms. The summed E-state index contributed by atoms with van der Waals surface area (Å²) in [4.78, 5) is 58.6. The van der Waals surface area contributed by atoms with Gasteiger partial charge in [-0.3, -0.25) is 28.3 Å². The van der Waals surface area contributed by atoms with Crippen LogP contribution in [0.5, 0.6) is 11.8 Å². The first-order chi connectivity index (χ1) is 23.8. The Morgan fingerprint density at radius 1 is 0.760 bits per heavy atom. The molecule has 0 saturated carbocycles. The minimum Gasteiger partial charge on any atom is -0.493 e. The van der Waals surface area contributed by atoms with Gasteiger partial charge < -0.3 is 14.9 Å². The van der Waals surface area contributed by atoms with Gasteiger partial charge in [0.2, 0.25) is 11.8 Å². The van der Waals surface area contributed by atoms with Crippen molar-refractivity contribution in [1.29, 1.82) is 0 Å². The van der Waals surface area contributed by atoms with Crippen LogP contribution in [0.25, 0.3) is 0 Å². The van der Waals surface area contributed by atoms with Gasteiger partial charge in [0, 0.05) is 35.9 Å². The third-order valence-corrected chi connectivity index (χ3v) is 9.82. The molecular formula is C37H40Cl2N4O7. The van der Waals surface area contributed by atoms with Gasteiger partial charge in [-0.2, -0.15) is 9.97 Å². The van der Waals surface area contributed by atoms with Crippen LogP contribution < -0.4 is 11.1 Å². The van der Waals surface area contributed by atoms with Crippen molar-refractivity contribution in [2.24, 2.45) is 0 Å². The third kappa shape index (κ3) is 7.70. The highest BCUT2D eigenvalue weighted by Gasteiger charge is 2.26. The van der Waals surface area contributed by atoms with Crippen molar-refractivity contribution in [2.75, 3.05) is 6.61 Å². The summed E-state index contributed by atoms with van der Waals surface area (Å²) >= 11 is 12.8. The molecule has 2 N–H and O–H groups in total. The summed E-state index contributed by atoms with van der Waals surface area (Å²) in [7, 11) is 0. The lowest BCUT2D eigenvalue weighted by Gasteiger charge is -2.19. The largest absolute Gasteiger partial charge is 0.493 e. The molecule has 2 aliphatic heterocycles. The van der Waals surface area contributed by atoms with E-state index in [1.807, 2.05) is 52.0 Å².